The van der Waals surface area contributed by atoms with Gasteiger partial charge < -0.3 is 10.2 Å². The molecule has 0 aromatic rings. The predicted octanol–water partition coefficient (Wildman–Crippen LogP) is 10.7. The molecule has 2 rings (SSSR count). The Hall–Kier alpha value is -1.49. The third-order valence-electron chi connectivity index (χ3n) is 8.06. The van der Waals surface area contributed by atoms with Gasteiger partial charge >= 0.3 is 0 Å². The Bertz CT molecular complexity index is 755. The van der Waals surface area contributed by atoms with Gasteiger partial charge in [-0.3, -0.25) is 4.99 Å². The minimum absolute atomic E-state index is 0.118. The van der Waals surface area contributed by atoms with Crippen molar-refractivity contribution in [1.82, 2.24) is 10.2 Å². The number of halogens is 2. The van der Waals surface area contributed by atoms with Gasteiger partial charge in [-0.2, -0.15) is 0 Å². The maximum absolute atomic E-state index is 12.8. The van der Waals surface area contributed by atoms with Crippen molar-refractivity contribution in [1.29, 1.82) is 0 Å². The van der Waals surface area contributed by atoms with Crippen molar-refractivity contribution in [3.05, 3.63) is 35.2 Å². The summed E-state index contributed by atoms with van der Waals surface area (Å²) in [6.07, 6.45) is 18.1. The third-order valence-corrected chi connectivity index (χ3v) is 8.06. The van der Waals surface area contributed by atoms with Crippen LogP contribution in [0.2, 0.25) is 0 Å². The molecule has 5 heteroatoms. The van der Waals surface area contributed by atoms with Gasteiger partial charge in [0, 0.05) is 62.2 Å². The zero-order valence-corrected chi connectivity index (χ0v) is 27.9. The van der Waals surface area contributed by atoms with E-state index in [9.17, 15) is 8.78 Å². The van der Waals surface area contributed by atoms with E-state index >= 15 is 0 Å². The number of allylic oxidation sites excluding steroid dienone is 5. The van der Waals surface area contributed by atoms with E-state index in [1.165, 1.54) is 42.5 Å². The van der Waals surface area contributed by atoms with Crippen molar-refractivity contribution < 1.29 is 8.78 Å². The number of piperazine rings is 1. The lowest BCUT2D eigenvalue weighted by molar-refractivity contribution is -0.0535. The second-order valence-corrected chi connectivity index (χ2v) is 11.6. The molecular weight excluding hydrogens is 500 g/mol. The van der Waals surface area contributed by atoms with Crippen molar-refractivity contribution in [3.8, 4) is 0 Å². The lowest BCUT2D eigenvalue weighted by Crippen LogP contribution is -2.43. The van der Waals surface area contributed by atoms with Gasteiger partial charge in [0.2, 0.25) is 5.92 Å². The van der Waals surface area contributed by atoms with Gasteiger partial charge in [-0.25, -0.2) is 8.78 Å². The molecule has 1 heterocycles. The summed E-state index contributed by atoms with van der Waals surface area (Å²) in [5, 5.41) is 3.44. The summed E-state index contributed by atoms with van der Waals surface area (Å²) in [6, 6.07) is 0. The maximum atomic E-state index is 12.8. The Labute approximate surface area is 248 Å². The Kier molecular flexibility index (Phi) is 22.3. The van der Waals surface area contributed by atoms with Crippen LogP contribution < -0.4 is 5.32 Å². The number of nitrogens with zero attached hydrogens (tertiary/aromatic N) is 2. The van der Waals surface area contributed by atoms with E-state index in [0.29, 0.717) is 11.8 Å². The molecule has 234 valence electrons. The molecule has 1 aliphatic carbocycles. The second kappa shape index (κ2) is 23.1. The fourth-order valence-corrected chi connectivity index (χ4v) is 5.50. The van der Waals surface area contributed by atoms with Gasteiger partial charge in [0.25, 0.3) is 0 Å². The highest BCUT2D eigenvalue weighted by Gasteiger charge is 2.35. The van der Waals surface area contributed by atoms with Gasteiger partial charge in [-0.15, -0.1) is 0 Å². The molecule has 0 spiro atoms. The zero-order chi connectivity index (χ0) is 30.4. The van der Waals surface area contributed by atoms with Crippen molar-refractivity contribution in [3.63, 3.8) is 0 Å². The average molecular weight is 566 g/mol. The predicted molar refractivity (Wildman–Crippen MR) is 175 cm³/mol. The van der Waals surface area contributed by atoms with Gasteiger partial charge in [-0.05, 0) is 57.4 Å². The summed E-state index contributed by atoms with van der Waals surface area (Å²) in [4.78, 5) is 7.21. The number of rotatable bonds is 12. The van der Waals surface area contributed by atoms with E-state index in [4.69, 9.17) is 4.99 Å². The first kappa shape index (κ1) is 38.5. The van der Waals surface area contributed by atoms with Crippen LogP contribution in [-0.2, 0) is 0 Å². The van der Waals surface area contributed by atoms with Crippen LogP contribution in [0.25, 0.3) is 0 Å². The molecular formula is C35H65F2N3. The number of nitrogens with one attached hydrogen (secondary N) is 1. The number of alkyl halides is 2. The molecule has 2 unspecified atom stereocenters. The fraction of sp³-hybridized carbons (Fsp3) is 0.800. The van der Waals surface area contributed by atoms with Gasteiger partial charge in [0.15, 0.2) is 0 Å². The molecule has 1 aliphatic heterocycles. The quantitative estimate of drug-likeness (QED) is 0.145. The Morgan fingerprint density at radius 3 is 2.12 bits per heavy atom. The summed E-state index contributed by atoms with van der Waals surface area (Å²) in [5.74, 6) is -1.50. The molecule has 0 amide bonds. The maximum Gasteiger partial charge on any atom is 0.248 e. The zero-order valence-electron chi connectivity index (χ0n) is 27.9. The summed E-state index contributed by atoms with van der Waals surface area (Å²) < 4.78 is 25.6. The van der Waals surface area contributed by atoms with E-state index in [-0.39, 0.29) is 12.8 Å². The highest BCUT2D eigenvalue weighted by molar-refractivity contribution is 6.03. The molecule has 1 saturated heterocycles. The van der Waals surface area contributed by atoms with Crippen LogP contribution in [0.1, 0.15) is 139 Å². The van der Waals surface area contributed by atoms with Crippen molar-refractivity contribution in [2.75, 3.05) is 26.2 Å². The normalized spacial score (nSPS) is 21.2. The molecule has 0 aromatic heterocycles. The summed E-state index contributed by atoms with van der Waals surface area (Å²) in [6.45, 7) is 24.1. The molecule has 2 atom stereocenters. The highest BCUT2D eigenvalue weighted by Crippen LogP contribution is 2.38. The van der Waals surface area contributed by atoms with Crippen LogP contribution >= 0.6 is 0 Å². The monoisotopic (exact) mass is 566 g/mol. The smallest absolute Gasteiger partial charge is 0.248 e. The summed E-state index contributed by atoms with van der Waals surface area (Å²) in [5.41, 5.74) is 5.25. The van der Waals surface area contributed by atoms with E-state index in [0.717, 1.165) is 70.4 Å². The van der Waals surface area contributed by atoms with E-state index in [1.807, 2.05) is 6.20 Å². The first-order valence-electron chi connectivity index (χ1n) is 16.5. The topological polar surface area (TPSA) is 27.6 Å². The molecule has 3 nitrogen and oxygen atoms in total. The molecule has 2 fully saturated rings. The first-order chi connectivity index (χ1) is 19.1. The molecule has 40 heavy (non-hydrogen) atoms. The highest BCUT2D eigenvalue weighted by atomic mass is 19.3. The average Bonchev–Trinajstić information content (AvgIpc) is 2.95. The standard InChI is InChI=1S/C20H35N3.C9H16F2.C6H14/c1-7-10-11-22-17(5)20(19(9-3)16(4)8-2)18(6)23-14-12-21-13-15-23;1-2-4-8-5-3-6-9(10,11)7-8;1-3-5-6-4-2/h9-11,16,21H,7-8,12-15H2,1-6H3;8H,2-7H2,1H3;3-6H2,1-2H3/b11-10+,19-9-,20-18-,22-17+;;. The van der Waals surface area contributed by atoms with Crippen LogP contribution in [0.15, 0.2) is 40.2 Å². The van der Waals surface area contributed by atoms with E-state index in [1.54, 1.807) is 0 Å². The molecule has 0 bridgehead atoms. The molecule has 0 radical (unpaired) electrons. The van der Waals surface area contributed by atoms with Crippen LogP contribution in [0, 0.1) is 11.8 Å². The SMILES string of the molecule is CCCC1CCCC(F)(F)C1.CCCCCC.C\C=C(C(/C(C)=N/C=C/CC)=C(/C)N1CCNCC1)\C(C)CC. The van der Waals surface area contributed by atoms with Crippen LogP contribution in [-0.4, -0.2) is 42.7 Å². The van der Waals surface area contributed by atoms with Crippen LogP contribution in [0.5, 0.6) is 0 Å². The van der Waals surface area contributed by atoms with Crippen molar-refractivity contribution in [2.24, 2.45) is 16.8 Å². The van der Waals surface area contributed by atoms with E-state index < -0.39 is 5.92 Å². The molecule has 1 saturated carbocycles. The number of hydrogen-bond donors (Lipinski definition) is 1. The molecule has 2 aliphatic rings. The Balaban J connectivity index is 0.000000733. The van der Waals surface area contributed by atoms with Crippen molar-refractivity contribution >= 4 is 5.71 Å². The first-order valence-corrected chi connectivity index (χ1v) is 16.5. The second-order valence-electron chi connectivity index (χ2n) is 11.6. The Morgan fingerprint density at radius 2 is 1.65 bits per heavy atom. The van der Waals surface area contributed by atoms with Gasteiger partial charge in [0.05, 0.1) is 0 Å². The number of unbranched alkanes of at least 4 members (excludes halogenated alkanes) is 3. The fourth-order valence-electron chi connectivity index (χ4n) is 5.50. The number of hydrogen-bond acceptors (Lipinski definition) is 3. The summed E-state index contributed by atoms with van der Waals surface area (Å²) >= 11 is 0. The van der Waals surface area contributed by atoms with Gasteiger partial charge in [-0.1, -0.05) is 98.6 Å². The summed E-state index contributed by atoms with van der Waals surface area (Å²) in [7, 11) is 0. The lowest BCUT2D eigenvalue weighted by atomic mass is 9.84. The lowest BCUT2D eigenvalue weighted by Gasteiger charge is -2.33. The minimum atomic E-state index is -2.35. The molecule has 1 N–H and O–H groups in total. The largest absolute Gasteiger partial charge is 0.372 e. The van der Waals surface area contributed by atoms with Crippen LogP contribution in [0.3, 0.4) is 0 Å². The van der Waals surface area contributed by atoms with Crippen molar-refractivity contribution in [2.45, 2.75) is 145 Å². The van der Waals surface area contributed by atoms with Crippen LogP contribution in [0.4, 0.5) is 8.78 Å². The molecule has 0 aromatic carbocycles. The number of aliphatic imine (C=N–C) groups is 1. The van der Waals surface area contributed by atoms with E-state index in [2.05, 4.69) is 84.7 Å². The third kappa shape index (κ3) is 16.1. The minimum Gasteiger partial charge on any atom is -0.372 e. The van der Waals surface area contributed by atoms with Gasteiger partial charge in [0.1, 0.15) is 0 Å². The Morgan fingerprint density at radius 1 is 1.02 bits per heavy atom.